The first kappa shape index (κ1) is 37.3. The van der Waals surface area contributed by atoms with Crippen molar-refractivity contribution >= 4 is 21.8 Å². The van der Waals surface area contributed by atoms with Gasteiger partial charge in [-0.25, -0.2) is 4.98 Å². The molecule has 7 rings (SSSR count). The van der Waals surface area contributed by atoms with Crippen LogP contribution in [-0.4, -0.2) is 19.3 Å². The summed E-state index contributed by atoms with van der Waals surface area (Å²) in [7, 11) is 0. The number of nitrogens with zero attached hydrogens (tertiary/aromatic N) is 4. The summed E-state index contributed by atoms with van der Waals surface area (Å²) < 4.78 is 10.6. The van der Waals surface area contributed by atoms with Gasteiger partial charge < -0.3 is 9.30 Å². The molecule has 5 nitrogen and oxygen atoms in total. The van der Waals surface area contributed by atoms with Crippen LogP contribution in [0.2, 0.25) is 0 Å². The Hall–Kier alpha value is -4.47. The van der Waals surface area contributed by atoms with Crippen LogP contribution in [0.3, 0.4) is 0 Å². The van der Waals surface area contributed by atoms with E-state index in [0.717, 1.165) is 51.7 Å². The number of ether oxygens (including phenoxy) is 1. The Morgan fingerprint density at radius 2 is 1.42 bits per heavy atom. The van der Waals surface area contributed by atoms with E-state index in [1.807, 2.05) is 41.3 Å². The van der Waals surface area contributed by atoms with Crippen LogP contribution in [0.4, 0.5) is 0 Å². The van der Waals surface area contributed by atoms with E-state index in [-0.39, 0.29) is 21.1 Å². The molecule has 268 valence electrons. The van der Waals surface area contributed by atoms with Gasteiger partial charge >= 0.3 is 21.1 Å². The summed E-state index contributed by atoms with van der Waals surface area (Å²) in [6.07, 6.45) is 8.13. The van der Waals surface area contributed by atoms with Gasteiger partial charge in [-0.15, -0.1) is 35.7 Å². The summed E-state index contributed by atoms with van der Waals surface area (Å²) in [6.45, 7) is 20.5. The van der Waals surface area contributed by atoms with Crippen LogP contribution in [0.1, 0.15) is 80.8 Å². The largest absolute Gasteiger partial charge is 2.00 e. The van der Waals surface area contributed by atoms with Gasteiger partial charge in [0.15, 0.2) is 0 Å². The van der Waals surface area contributed by atoms with Crippen molar-refractivity contribution in [3.8, 4) is 34.1 Å². The Bertz CT molecular complexity index is 2340. The van der Waals surface area contributed by atoms with E-state index in [1.165, 1.54) is 38.9 Å². The summed E-state index contributed by atoms with van der Waals surface area (Å²) in [5, 5.41) is 7.13. The number of benzene rings is 4. The van der Waals surface area contributed by atoms with Crippen molar-refractivity contribution in [3.63, 3.8) is 0 Å². The van der Waals surface area contributed by atoms with Crippen LogP contribution in [0.25, 0.3) is 44.4 Å². The van der Waals surface area contributed by atoms with Gasteiger partial charge in [-0.2, -0.15) is 17.2 Å². The zero-order chi connectivity index (χ0) is 36.0. The Morgan fingerprint density at radius 3 is 2.12 bits per heavy atom. The molecule has 6 heteroatoms. The Morgan fingerprint density at radius 1 is 0.731 bits per heavy atom. The number of hydrogen-bond donors (Lipinski definition) is 0. The third-order valence-corrected chi connectivity index (χ3v) is 10.2. The van der Waals surface area contributed by atoms with E-state index >= 15 is 0 Å². The van der Waals surface area contributed by atoms with Gasteiger partial charge in [-0.1, -0.05) is 65.3 Å². The second-order valence-electron chi connectivity index (χ2n) is 15.1. The van der Waals surface area contributed by atoms with Crippen LogP contribution in [0, 0.1) is 44.7 Å². The van der Waals surface area contributed by atoms with E-state index in [9.17, 15) is 0 Å². The standard InChI is InChI=1S/C46H48N4O.Pt/c1-28(2)21-41-32(8)31(7)33(9)42(22-29(3)4)46(41)35-26-48-49(27-35)36-13-12-14-37(24-36)51-38-17-18-40-39-15-10-11-16-43(39)50(44(40)25-38)45-23-34(30(5)6)19-20-47-45;/h10-20,23,26-30H,21-22H2,1-9H3;/q-2;+2. The molecule has 0 fully saturated rings. The minimum Gasteiger partial charge on any atom is -0.509 e. The molecule has 0 radical (unpaired) electrons. The topological polar surface area (TPSA) is 44.9 Å². The summed E-state index contributed by atoms with van der Waals surface area (Å²) in [5.74, 6) is 3.58. The minimum atomic E-state index is 0. The second-order valence-corrected chi connectivity index (χ2v) is 15.1. The summed E-state index contributed by atoms with van der Waals surface area (Å²) in [4.78, 5) is 4.79. The number of pyridine rings is 1. The molecule has 52 heavy (non-hydrogen) atoms. The Balaban J connectivity index is 0.00000464. The monoisotopic (exact) mass is 867 g/mol. The minimum absolute atomic E-state index is 0. The van der Waals surface area contributed by atoms with Crippen LogP contribution in [0.15, 0.2) is 85.3 Å². The fraction of sp³-hybridized carbons (Fsp3) is 0.304. The van der Waals surface area contributed by atoms with Gasteiger partial charge in [0.25, 0.3) is 0 Å². The number of rotatable bonds is 10. The first-order chi connectivity index (χ1) is 24.5. The molecule has 0 aliphatic rings. The van der Waals surface area contributed by atoms with Crippen molar-refractivity contribution in [3.05, 3.63) is 131 Å². The van der Waals surface area contributed by atoms with Gasteiger partial charge in [-0.3, -0.25) is 4.68 Å². The molecule has 0 saturated heterocycles. The van der Waals surface area contributed by atoms with E-state index in [2.05, 4.69) is 128 Å². The predicted molar refractivity (Wildman–Crippen MR) is 211 cm³/mol. The van der Waals surface area contributed by atoms with Gasteiger partial charge in [-0.05, 0) is 120 Å². The van der Waals surface area contributed by atoms with Gasteiger partial charge in [0.05, 0.1) is 6.20 Å². The SMILES string of the molecule is Cc1c(C)c(CC(C)C)c(-c2cnn(-c3[c-]c(Oc4[c-]c5c(cc4)c4ccccc4n5-c4cc(C(C)C)ccn4)ccc3)c2)c(CC(C)C)c1C.[Pt+2]. The van der Waals surface area contributed by atoms with Crippen molar-refractivity contribution in [2.24, 2.45) is 11.8 Å². The Kier molecular flexibility index (Phi) is 10.9. The molecular formula is C46H48N4OPt. The molecular weight excluding hydrogens is 820 g/mol. The quantitative estimate of drug-likeness (QED) is 0.129. The molecule has 0 bridgehead atoms. The molecule has 0 atom stereocenters. The second kappa shape index (κ2) is 15.2. The molecule has 0 N–H and O–H groups in total. The van der Waals surface area contributed by atoms with Crippen molar-refractivity contribution in [1.29, 1.82) is 0 Å². The third-order valence-electron chi connectivity index (χ3n) is 10.2. The smallest absolute Gasteiger partial charge is 0.509 e. The molecule has 3 aromatic heterocycles. The van der Waals surface area contributed by atoms with Crippen molar-refractivity contribution in [1.82, 2.24) is 19.3 Å². The number of fused-ring (bicyclic) bond motifs is 3. The molecule has 0 aliphatic heterocycles. The summed E-state index contributed by atoms with van der Waals surface area (Å²) in [6, 6.07) is 29.8. The zero-order valence-corrected chi connectivity index (χ0v) is 34.0. The molecule has 4 aromatic carbocycles. The molecule has 0 spiro atoms. The average Bonchev–Trinajstić information content (AvgIpc) is 3.72. The van der Waals surface area contributed by atoms with Crippen molar-refractivity contribution in [2.75, 3.05) is 0 Å². The fourth-order valence-corrected chi connectivity index (χ4v) is 7.39. The van der Waals surface area contributed by atoms with E-state index in [4.69, 9.17) is 14.8 Å². The van der Waals surface area contributed by atoms with Gasteiger partial charge in [0, 0.05) is 35.0 Å². The normalized spacial score (nSPS) is 11.7. The number of para-hydroxylation sites is 1. The third kappa shape index (κ3) is 7.13. The average molecular weight is 868 g/mol. The molecule has 0 aliphatic carbocycles. The van der Waals surface area contributed by atoms with E-state index < -0.39 is 0 Å². The van der Waals surface area contributed by atoms with Crippen LogP contribution >= 0.6 is 0 Å². The van der Waals surface area contributed by atoms with Crippen molar-refractivity contribution < 1.29 is 25.8 Å². The first-order valence-corrected chi connectivity index (χ1v) is 18.3. The van der Waals surface area contributed by atoms with Gasteiger partial charge in [0.1, 0.15) is 5.82 Å². The molecule has 7 aromatic rings. The molecule has 0 saturated carbocycles. The molecule has 3 heterocycles. The Labute approximate surface area is 323 Å². The van der Waals surface area contributed by atoms with E-state index in [1.54, 1.807) is 0 Å². The van der Waals surface area contributed by atoms with Crippen LogP contribution in [-0.2, 0) is 33.9 Å². The molecule has 0 unspecified atom stereocenters. The fourth-order valence-electron chi connectivity index (χ4n) is 7.39. The number of aromatic nitrogens is 4. The number of hydrogen-bond acceptors (Lipinski definition) is 3. The molecule has 0 amide bonds. The van der Waals surface area contributed by atoms with E-state index in [0.29, 0.717) is 29.3 Å². The first-order valence-electron chi connectivity index (χ1n) is 18.3. The summed E-state index contributed by atoms with van der Waals surface area (Å²) >= 11 is 0. The van der Waals surface area contributed by atoms with Crippen LogP contribution in [0.5, 0.6) is 11.5 Å². The zero-order valence-electron chi connectivity index (χ0n) is 31.7. The summed E-state index contributed by atoms with van der Waals surface area (Å²) in [5.41, 5.74) is 13.7. The maximum absolute atomic E-state index is 6.47. The van der Waals surface area contributed by atoms with Gasteiger partial charge in [0.2, 0.25) is 0 Å². The van der Waals surface area contributed by atoms with Crippen LogP contribution < -0.4 is 4.74 Å². The maximum atomic E-state index is 6.47. The van der Waals surface area contributed by atoms with Crippen molar-refractivity contribution in [2.45, 2.75) is 81.1 Å². The maximum Gasteiger partial charge on any atom is 2.00 e. The predicted octanol–water partition coefficient (Wildman–Crippen LogP) is 11.9.